The fourth-order valence-corrected chi connectivity index (χ4v) is 1.93. The SMILES string of the molecule is CCCN(CC#Cc1cc(F)ccc1OC)CCC. The van der Waals surface area contributed by atoms with Gasteiger partial charge in [-0.05, 0) is 44.1 Å². The molecule has 0 radical (unpaired) electrons. The molecule has 0 saturated heterocycles. The molecule has 19 heavy (non-hydrogen) atoms. The van der Waals surface area contributed by atoms with Gasteiger partial charge in [0.1, 0.15) is 11.6 Å². The summed E-state index contributed by atoms with van der Waals surface area (Å²) in [4.78, 5) is 2.30. The summed E-state index contributed by atoms with van der Waals surface area (Å²) in [5, 5.41) is 0. The molecule has 1 aromatic rings. The highest BCUT2D eigenvalue weighted by atomic mass is 19.1. The summed E-state index contributed by atoms with van der Waals surface area (Å²) in [6.07, 6.45) is 2.23. The van der Waals surface area contributed by atoms with Crippen molar-refractivity contribution in [2.75, 3.05) is 26.7 Å². The van der Waals surface area contributed by atoms with E-state index >= 15 is 0 Å². The molecule has 0 unspecified atom stereocenters. The zero-order valence-electron chi connectivity index (χ0n) is 12.0. The summed E-state index contributed by atoms with van der Waals surface area (Å²) in [7, 11) is 1.57. The second kappa shape index (κ2) is 8.55. The van der Waals surface area contributed by atoms with Crippen molar-refractivity contribution in [2.45, 2.75) is 26.7 Å². The highest BCUT2D eigenvalue weighted by Gasteiger charge is 2.02. The lowest BCUT2D eigenvalue weighted by atomic mass is 10.2. The van der Waals surface area contributed by atoms with Crippen molar-refractivity contribution < 1.29 is 9.13 Å². The summed E-state index contributed by atoms with van der Waals surface area (Å²) in [6.45, 7) is 7.12. The number of ether oxygens (including phenoxy) is 1. The zero-order chi connectivity index (χ0) is 14.1. The van der Waals surface area contributed by atoms with Crippen LogP contribution in [0, 0.1) is 17.7 Å². The van der Waals surface area contributed by atoms with Crippen LogP contribution >= 0.6 is 0 Å². The van der Waals surface area contributed by atoms with E-state index in [-0.39, 0.29) is 5.82 Å². The third kappa shape index (κ3) is 5.32. The maximum Gasteiger partial charge on any atom is 0.134 e. The summed E-state index contributed by atoms with van der Waals surface area (Å²) in [5.41, 5.74) is 0.607. The zero-order valence-corrected chi connectivity index (χ0v) is 12.0. The predicted octanol–water partition coefficient (Wildman–Crippen LogP) is 3.31. The molecule has 0 N–H and O–H groups in total. The van der Waals surface area contributed by atoms with E-state index in [2.05, 4.69) is 30.6 Å². The lowest BCUT2D eigenvalue weighted by Gasteiger charge is -2.17. The van der Waals surface area contributed by atoms with E-state index in [1.54, 1.807) is 13.2 Å². The maximum absolute atomic E-state index is 13.2. The summed E-state index contributed by atoms with van der Waals surface area (Å²) >= 11 is 0. The van der Waals surface area contributed by atoms with Crippen LogP contribution in [0.5, 0.6) is 5.75 Å². The highest BCUT2D eigenvalue weighted by Crippen LogP contribution is 2.17. The highest BCUT2D eigenvalue weighted by molar-refractivity contribution is 5.46. The standard InChI is InChI=1S/C16H22FNO/c1-4-10-18(11-5-2)12-6-7-14-13-15(17)8-9-16(14)19-3/h8-9,13H,4-5,10-12H2,1-3H3. The van der Waals surface area contributed by atoms with Crippen molar-refractivity contribution in [3.8, 4) is 17.6 Å². The number of halogens is 1. The van der Waals surface area contributed by atoms with Gasteiger partial charge in [0.15, 0.2) is 0 Å². The molecule has 1 rings (SSSR count). The average molecular weight is 263 g/mol. The number of nitrogens with zero attached hydrogens (tertiary/aromatic N) is 1. The Morgan fingerprint density at radius 2 is 1.89 bits per heavy atom. The lowest BCUT2D eigenvalue weighted by molar-refractivity contribution is 0.308. The molecule has 0 saturated carbocycles. The first-order chi connectivity index (χ1) is 9.21. The summed E-state index contributed by atoms with van der Waals surface area (Å²) in [5.74, 6) is 6.43. The van der Waals surface area contributed by atoms with Gasteiger partial charge in [-0.15, -0.1) is 0 Å². The monoisotopic (exact) mass is 263 g/mol. The smallest absolute Gasteiger partial charge is 0.134 e. The molecular weight excluding hydrogens is 241 g/mol. The van der Waals surface area contributed by atoms with Gasteiger partial charge in [0.25, 0.3) is 0 Å². The molecular formula is C16H22FNO. The Labute approximate surface area is 115 Å². The van der Waals surface area contributed by atoms with Gasteiger partial charge in [0.05, 0.1) is 19.2 Å². The van der Waals surface area contributed by atoms with Crippen molar-refractivity contribution in [3.05, 3.63) is 29.6 Å². The first-order valence-corrected chi connectivity index (χ1v) is 6.76. The van der Waals surface area contributed by atoms with Gasteiger partial charge < -0.3 is 4.74 Å². The van der Waals surface area contributed by atoms with Crippen LogP contribution in [0.3, 0.4) is 0 Å². The Kier molecular flexibility index (Phi) is 6.99. The van der Waals surface area contributed by atoms with Crippen LogP contribution in [0.4, 0.5) is 4.39 Å². The molecule has 0 spiro atoms. The second-order valence-electron chi connectivity index (χ2n) is 4.42. The quantitative estimate of drug-likeness (QED) is 0.730. The van der Waals surface area contributed by atoms with E-state index in [1.165, 1.54) is 12.1 Å². The molecule has 0 heterocycles. The van der Waals surface area contributed by atoms with Crippen LogP contribution in [0.25, 0.3) is 0 Å². The Balaban J connectivity index is 2.73. The lowest BCUT2D eigenvalue weighted by Crippen LogP contribution is -2.25. The molecule has 0 atom stereocenters. The molecule has 0 aliphatic rings. The molecule has 104 valence electrons. The van der Waals surface area contributed by atoms with Gasteiger partial charge >= 0.3 is 0 Å². The van der Waals surface area contributed by atoms with Crippen LogP contribution in [0.1, 0.15) is 32.3 Å². The molecule has 0 bridgehead atoms. The van der Waals surface area contributed by atoms with E-state index in [0.717, 1.165) is 25.9 Å². The number of rotatable bonds is 6. The largest absolute Gasteiger partial charge is 0.495 e. The van der Waals surface area contributed by atoms with Gasteiger partial charge in [-0.25, -0.2) is 4.39 Å². The number of hydrogen-bond donors (Lipinski definition) is 0. The first-order valence-electron chi connectivity index (χ1n) is 6.76. The van der Waals surface area contributed by atoms with Gasteiger partial charge in [-0.2, -0.15) is 0 Å². The Morgan fingerprint density at radius 3 is 2.47 bits per heavy atom. The molecule has 0 fully saturated rings. The Bertz CT molecular complexity index is 442. The molecule has 0 aliphatic heterocycles. The van der Waals surface area contributed by atoms with Crippen LogP contribution in [-0.4, -0.2) is 31.6 Å². The molecule has 0 aliphatic carbocycles. The van der Waals surface area contributed by atoms with E-state index in [0.29, 0.717) is 17.9 Å². The fraction of sp³-hybridized carbons (Fsp3) is 0.500. The van der Waals surface area contributed by atoms with Crippen LogP contribution in [-0.2, 0) is 0 Å². The summed E-state index contributed by atoms with van der Waals surface area (Å²) < 4.78 is 18.3. The molecule has 3 heteroatoms. The summed E-state index contributed by atoms with van der Waals surface area (Å²) in [6, 6.07) is 4.40. The fourth-order valence-electron chi connectivity index (χ4n) is 1.93. The van der Waals surface area contributed by atoms with E-state index in [1.807, 2.05) is 0 Å². The van der Waals surface area contributed by atoms with E-state index in [4.69, 9.17) is 4.74 Å². The second-order valence-corrected chi connectivity index (χ2v) is 4.42. The number of hydrogen-bond acceptors (Lipinski definition) is 2. The molecule has 0 aromatic heterocycles. The Morgan fingerprint density at radius 1 is 1.21 bits per heavy atom. The van der Waals surface area contributed by atoms with Crippen molar-refractivity contribution in [2.24, 2.45) is 0 Å². The third-order valence-corrected chi connectivity index (χ3v) is 2.77. The predicted molar refractivity (Wildman–Crippen MR) is 76.9 cm³/mol. The van der Waals surface area contributed by atoms with Crippen LogP contribution < -0.4 is 4.74 Å². The van der Waals surface area contributed by atoms with Gasteiger partial charge in [0.2, 0.25) is 0 Å². The first kappa shape index (κ1) is 15.5. The van der Waals surface area contributed by atoms with Crippen molar-refractivity contribution >= 4 is 0 Å². The maximum atomic E-state index is 13.2. The number of methoxy groups -OCH3 is 1. The molecule has 1 aromatic carbocycles. The van der Waals surface area contributed by atoms with Gasteiger partial charge in [-0.1, -0.05) is 25.7 Å². The van der Waals surface area contributed by atoms with E-state index in [9.17, 15) is 4.39 Å². The van der Waals surface area contributed by atoms with E-state index < -0.39 is 0 Å². The minimum atomic E-state index is -0.288. The van der Waals surface area contributed by atoms with Crippen molar-refractivity contribution in [3.63, 3.8) is 0 Å². The van der Waals surface area contributed by atoms with Crippen LogP contribution in [0.15, 0.2) is 18.2 Å². The number of benzene rings is 1. The minimum absolute atomic E-state index is 0.288. The minimum Gasteiger partial charge on any atom is -0.495 e. The molecule has 0 amide bonds. The molecule has 2 nitrogen and oxygen atoms in total. The van der Waals surface area contributed by atoms with Crippen molar-refractivity contribution in [1.29, 1.82) is 0 Å². The van der Waals surface area contributed by atoms with Gasteiger partial charge in [-0.3, -0.25) is 4.90 Å². The van der Waals surface area contributed by atoms with Gasteiger partial charge in [0, 0.05) is 0 Å². The third-order valence-electron chi connectivity index (χ3n) is 2.77. The van der Waals surface area contributed by atoms with Crippen molar-refractivity contribution in [1.82, 2.24) is 4.90 Å². The van der Waals surface area contributed by atoms with Crippen LogP contribution in [0.2, 0.25) is 0 Å². The topological polar surface area (TPSA) is 12.5 Å². The Hall–Kier alpha value is -1.53. The normalized spacial score (nSPS) is 10.2. The average Bonchev–Trinajstić information content (AvgIpc) is 2.39.